The molecular formula is C22H18FNO2. The molecule has 130 valence electrons. The molecule has 4 heteroatoms. The maximum absolute atomic E-state index is 13.6. The van der Waals surface area contributed by atoms with Gasteiger partial charge in [0.05, 0.1) is 12.1 Å². The summed E-state index contributed by atoms with van der Waals surface area (Å²) in [5.41, 5.74) is 3.93. The molecule has 26 heavy (non-hydrogen) atoms. The lowest BCUT2D eigenvalue weighted by Crippen LogP contribution is -2.20. The van der Waals surface area contributed by atoms with Crippen LogP contribution in [0.4, 0.5) is 15.8 Å². The zero-order valence-electron chi connectivity index (χ0n) is 14.4. The number of aryl methyl sites for hydroxylation is 1. The van der Waals surface area contributed by atoms with Gasteiger partial charge in [-0.2, -0.15) is 0 Å². The molecule has 0 bridgehead atoms. The van der Waals surface area contributed by atoms with E-state index < -0.39 is 0 Å². The number of ether oxygens (including phenoxy) is 1. The molecule has 3 aromatic carbocycles. The first-order valence-electron chi connectivity index (χ1n) is 8.51. The van der Waals surface area contributed by atoms with E-state index in [0.717, 1.165) is 16.8 Å². The molecule has 4 rings (SSSR count). The molecule has 0 saturated carbocycles. The van der Waals surface area contributed by atoms with Crippen molar-refractivity contribution in [2.45, 2.75) is 20.0 Å². The van der Waals surface area contributed by atoms with Crippen LogP contribution in [0.1, 0.15) is 16.7 Å². The summed E-state index contributed by atoms with van der Waals surface area (Å²) < 4.78 is 19.6. The minimum absolute atomic E-state index is 0.0400. The normalized spacial score (nSPS) is 13.0. The standard InChI is InChI=1S/C22H18FNO2/c1-15-12-17(10-11-19(15)23)24-20-8-5-9-21(18(20)13-22(24)25)26-14-16-6-3-2-4-7-16/h2-12H,13-14H2,1H3. The Labute approximate surface area is 151 Å². The van der Waals surface area contributed by atoms with Crippen LogP contribution < -0.4 is 9.64 Å². The maximum atomic E-state index is 13.6. The van der Waals surface area contributed by atoms with Crippen LogP contribution in [0, 0.1) is 12.7 Å². The molecule has 0 N–H and O–H groups in total. The molecular weight excluding hydrogens is 329 g/mol. The molecule has 0 radical (unpaired) electrons. The predicted octanol–water partition coefficient (Wildman–Crippen LogP) is 4.93. The largest absolute Gasteiger partial charge is 0.489 e. The van der Waals surface area contributed by atoms with Gasteiger partial charge < -0.3 is 4.74 Å². The van der Waals surface area contributed by atoms with E-state index >= 15 is 0 Å². The second-order valence-electron chi connectivity index (χ2n) is 6.37. The minimum atomic E-state index is -0.277. The van der Waals surface area contributed by atoms with E-state index in [1.807, 2.05) is 48.5 Å². The van der Waals surface area contributed by atoms with E-state index in [9.17, 15) is 9.18 Å². The third-order valence-corrected chi connectivity index (χ3v) is 4.56. The summed E-state index contributed by atoms with van der Waals surface area (Å²) in [4.78, 5) is 14.3. The van der Waals surface area contributed by atoms with Crippen molar-refractivity contribution in [2.24, 2.45) is 0 Å². The Morgan fingerprint density at radius 2 is 1.85 bits per heavy atom. The second kappa shape index (κ2) is 6.64. The van der Waals surface area contributed by atoms with E-state index in [0.29, 0.717) is 23.6 Å². The molecule has 0 atom stereocenters. The maximum Gasteiger partial charge on any atom is 0.236 e. The fraction of sp³-hybridized carbons (Fsp3) is 0.136. The number of benzene rings is 3. The minimum Gasteiger partial charge on any atom is -0.489 e. The number of fused-ring (bicyclic) bond motifs is 1. The SMILES string of the molecule is Cc1cc(N2C(=O)Cc3c(OCc4ccccc4)cccc32)ccc1F. The van der Waals surface area contributed by atoms with Gasteiger partial charge >= 0.3 is 0 Å². The van der Waals surface area contributed by atoms with Crippen molar-refractivity contribution >= 4 is 17.3 Å². The van der Waals surface area contributed by atoms with Crippen molar-refractivity contribution in [3.8, 4) is 5.75 Å². The third kappa shape index (κ3) is 2.94. The highest BCUT2D eigenvalue weighted by atomic mass is 19.1. The van der Waals surface area contributed by atoms with Crippen molar-refractivity contribution in [3.05, 3.63) is 89.2 Å². The van der Waals surface area contributed by atoms with Gasteiger partial charge in [-0.25, -0.2) is 4.39 Å². The Kier molecular flexibility index (Phi) is 4.17. The number of rotatable bonds is 4. The van der Waals surface area contributed by atoms with Gasteiger partial charge in [-0.15, -0.1) is 0 Å². The topological polar surface area (TPSA) is 29.5 Å². The van der Waals surface area contributed by atoms with E-state index in [2.05, 4.69) is 0 Å². The molecule has 1 amide bonds. The Bertz CT molecular complexity index is 969. The van der Waals surface area contributed by atoms with Crippen LogP contribution in [0.25, 0.3) is 0 Å². The highest BCUT2D eigenvalue weighted by Crippen LogP contribution is 2.40. The molecule has 3 aromatic rings. The van der Waals surface area contributed by atoms with Crippen LogP contribution in [0.15, 0.2) is 66.7 Å². The zero-order valence-corrected chi connectivity index (χ0v) is 14.4. The van der Waals surface area contributed by atoms with Gasteiger partial charge in [-0.05, 0) is 48.4 Å². The Morgan fingerprint density at radius 1 is 1.04 bits per heavy atom. The molecule has 1 heterocycles. The van der Waals surface area contributed by atoms with Gasteiger partial charge in [-0.1, -0.05) is 36.4 Å². The van der Waals surface area contributed by atoms with Gasteiger partial charge in [0.15, 0.2) is 0 Å². The second-order valence-corrected chi connectivity index (χ2v) is 6.37. The molecule has 0 aromatic heterocycles. The first kappa shape index (κ1) is 16.3. The molecule has 0 saturated heterocycles. The van der Waals surface area contributed by atoms with E-state index in [4.69, 9.17) is 4.74 Å². The van der Waals surface area contributed by atoms with Crippen LogP contribution in [-0.2, 0) is 17.8 Å². The van der Waals surface area contributed by atoms with Gasteiger partial charge in [0, 0.05) is 11.3 Å². The molecule has 0 aliphatic carbocycles. The van der Waals surface area contributed by atoms with Crippen LogP contribution in [-0.4, -0.2) is 5.91 Å². The molecule has 0 unspecified atom stereocenters. The van der Waals surface area contributed by atoms with Gasteiger partial charge in [0.2, 0.25) is 5.91 Å². The summed E-state index contributed by atoms with van der Waals surface area (Å²) in [5.74, 6) is 0.392. The van der Waals surface area contributed by atoms with E-state index in [1.54, 1.807) is 24.0 Å². The molecule has 1 aliphatic rings. The van der Waals surface area contributed by atoms with Crippen molar-refractivity contribution < 1.29 is 13.9 Å². The Hall–Kier alpha value is -3.14. The summed E-state index contributed by atoms with van der Waals surface area (Å²) >= 11 is 0. The lowest BCUT2D eigenvalue weighted by Gasteiger charge is -2.19. The monoisotopic (exact) mass is 347 g/mol. The number of hydrogen-bond acceptors (Lipinski definition) is 2. The molecule has 3 nitrogen and oxygen atoms in total. The molecule has 0 spiro atoms. The molecule has 1 aliphatic heterocycles. The van der Waals surface area contributed by atoms with Crippen molar-refractivity contribution in [3.63, 3.8) is 0 Å². The fourth-order valence-electron chi connectivity index (χ4n) is 3.23. The summed E-state index contributed by atoms with van der Waals surface area (Å²) in [7, 11) is 0. The summed E-state index contributed by atoms with van der Waals surface area (Å²) in [6.45, 7) is 2.14. The third-order valence-electron chi connectivity index (χ3n) is 4.56. The first-order valence-corrected chi connectivity index (χ1v) is 8.51. The lowest BCUT2D eigenvalue weighted by atomic mass is 10.1. The van der Waals surface area contributed by atoms with Gasteiger partial charge in [-0.3, -0.25) is 9.69 Å². The van der Waals surface area contributed by atoms with Gasteiger partial charge in [0.1, 0.15) is 18.2 Å². The van der Waals surface area contributed by atoms with Crippen LogP contribution >= 0.6 is 0 Å². The van der Waals surface area contributed by atoms with E-state index in [-0.39, 0.29) is 18.1 Å². The zero-order chi connectivity index (χ0) is 18.1. The van der Waals surface area contributed by atoms with Gasteiger partial charge in [0.25, 0.3) is 0 Å². The number of halogens is 1. The Morgan fingerprint density at radius 3 is 2.62 bits per heavy atom. The highest BCUT2D eigenvalue weighted by molar-refractivity contribution is 6.08. The number of amides is 1. The quantitative estimate of drug-likeness (QED) is 0.669. The summed E-state index contributed by atoms with van der Waals surface area (Å²) in [6.07, 6.45) is 0.275. The van der Waals surface area contributed by atoms with Crippen LogP contribution in [0.2, 0.25) is 0 Å². The van der Waals surface area contributed by atoms with Crippen LogP contribution in [0.3, 0.4) is 0 Å². The van der Waals surface area contributed by atoms with Crippen LogP contribution in [0.5, 0.6) is 5.75 Å². The predicted molar refractivity (Wildman–Crippen MR) is 99.2 cm³/mol. The summed E-state index contributed by atoms with van der Waals surface area (Å²) in [6, 6.07) is 20.3. The van der Waals surface area contributed by atoms with E-state index in [1.165, 1.54) is 6.07 Å². The fourth-order valence-corrected chi connectivity index (χ4v) is 3.23. The highest BCUT2D eigenvalue weighted by Gasteiger charge is 2.31. The molecule has 0 fully saturated rings. The number of nitrogens with zero attached hydrogens (tertiary/aromatic N) is 1. The average Bonchev–Trinajstić information content (AvgIpc) is 2.99. The number of anilines is 2. The summed E-state index contributed by atoms with van der Waals surface area (Å²) in [5, 5.41) is 0. The number of carbonyl (C=O) groups excluding carboxylic acids is 1. The smallest absolute Gasteiger partial charge is 0.236 e. The lowest BCUT2D eigenvalue weighted by molar-refractivity contribution is -0.116. The first-order chi connectivity index (χ1) is 12.6. The number of carbonyl (C=O) groups is 1. The van der Waals surface area contributed by atoms with Crippen molar-refractivity contribution in [1.29, 1.82) is 0 Å². The van der Waals surface area contributed by atoms with Crippen molar-refractivity contribution in [1.82, 2.24) is 0 Å². The Balaban J connectivity index is 1.65. The average molecular weight is 347 g/mol. The van der Waals surface area contributed by atoms with Crippen molar-refractivity contribution in [2.75, 3.05) is 4.90 Å². The number of hydrogen-bond donors (Lipinski definition) is 0.